The van der Waals surface area contributed by atoms with E-state index in [1.807, 2.05) is 0 Å². The summed E-state index contributed by atoms with van der Waals surface area (Å²) >= 11 is 0. The summed E-state index contributed by atoms with van der Waals surface area (Å²) in [6.07, 6.45) is 0.893. The zero-order chi connectivity index (χ0) is 10.8. The third-order valence-corrected chi connectivity index (χ3v) is 3.13. The van der Waals surface area contributed by atoms with E-state index < -0.39 is 0 Å². The zero-order valence-electron chi connectivity index (χ0n) is 9.28. The molecule has 0 radical (unpaired) electrons. The van der Waals surface area contributed by atoms with Crippen molar-refractivity contribution in [2.45, 2.75) is 13.0 Å². The fourth-order valence-electron chi connectivity index (χ4n) is 2.18. The molecule has 3 rings (SSSR count). The largest absolute Gasteiger partial charge is 0.376 e. The predicted octanol–water partition coefficient (Wildman–Crippen LogP) is -0.0411. The second-order valence-electron chi connectivity index (χ2n) is 4.21. The molecular formula is C11H16N4O. The van der Waals surface area contributed by atoms with Gasteiger partial charge in [-0.2, -0.15) is 5.10 Å². The SMILES string of the molecule is c1c(N2CCNCC2)nnc2c1COCC2. The Morgan fingerprint density at radius 3 is 3.00 bits per heavy atom. The van der Waals surface area contributed by atoms with E-state index in [2.05, 4.69) is 26.5 Å². The molecule has 1 aromatic rings. The summed E-state index contributed by atoms with van der Waals surface area (Å²) < 4.78 is 5.44. The molecule has 5 heteroatoms. The fraction of sp³-hybridized carbons (Fsp3) is 0.636. The molecule has 2 aliphatic rings. The second kappa shape index (κ2) is 4.35. The van der Waals surface area contributed by atoms with Crippen LogP contribution in [-0.4, -0.2) is 43.0 Å². The zero-order valence-corrected chi connectivity index (χ0v) is 9.28. The molecule has 0 bridgehead atoms. The highest BCUT2D eigenvalue weighted by molar-refractivity contribution is 5.42. The van der Waals surface area contributed by atoms with Gasteiger partial charge in [-0.1, -0.05) is 0 Å². The van der Waals surface area contributed by atoms with Crippen LogP contribution in [0.1, 0.15) is 11.3 Å². The van der Waals surface area contributed by atoms with Crippen molar-refractivity contribution in [3.63, 3.8) is 0 Å². The molecule has 0 aromatic carbocycles. The Labute approximate surface area is 94.8 Å². The maximum absolute atomic E-state index is 5.44. The van der Waals surface area contributed by atoms with E-state index in [0.29, 0.717) is 6.61 Å². The van der Waals surface area contributed by atoms with Gasteiger partial charge in [0, 0.05) is 38.2 Å². The Balaban J connectivity index is 1.84. The van der Waals surface area contributed by atoms with Crippen molar-refractivity contribution in [1.82, 2.24) is 15.5 Å². The lowest BCUT2D eigenvalue weighted by molar-refractivity contribution is 0.109. The standard InChI is InChI=1S/C11H16N4O/c1-6-16-8-9-7-11(14-13-10(1)9)15-4-2-12-3-5-15/h7,12H,1-6,8H2. The number of aromatic nitrogens is 2. The average Bonchev–Trinajstić information content (AvgIpc) is 2.39. The lowest BCUT2D eigenvalue weighted by Crippen LogP contribution is -2.44. The van der Waals surface area contributed by atoms with Gasteiger partial charge >= 0.3 is 0 Å². The van der Waals surface area contributed by atoms with E-state index in [0.717, 1.165) is 50.7 Å². The second-order valence-corrected chi connectivity index (χ2v) is 4.21. The molecule has 5 nitrogen and oxygen atoms in total. The van der Waals surface area contributed by atoms with Crippen LogP contribution in [0.4, 0.5) is 5.82 Å². The molecule has 1 N–H and O–H groups in total. The van der Waals surface area contributed by atoms with Crippen LogP contribution in [0.15, 0.2) is 6.07 Å². The van der Waals surface area contributed by atoms with E-state index in [4.69, 9.17) is 4.74 Å². The first-order valence-corrected chi connectivity index (χ1v) is 5.82. The van der Waals surface area contributed by atoms with Gasteiger partial charge < -0.3 is 15.0 Å². The molecule has 16 heavy (non-hydrogen) atoms. The number of nitrogens with zero attached hydrogens (tertiary/aromatic N) is 3. The summed E-state index contributed by atoms with van der Waals surface area (Å²) in [7, 11) is 0. The molecule has 0 spiro atoms. The highest BCUT2D eigenvalue weighted by Gasteiger charge is 2.16. The minimum Gasteiger partial charge on any atom is -0.376 e. The third-order valence-electron chi connectivity index (χ3n) is 3.13. The van der Waals surface area contributed by atoms with E-state index in [-0.39, 0.29) is 0 Å². The van der Waals surface area contributed by atoms with Gasteiger partial charge in [0.2, 0.25) is 0 Å². The number of nitrogens with one attached hydrogen (secondary N) is 1. The minimum absolute atomic E-state index is 0.684. The predicted molar refractivity (Wildman–Crippen MR) is 60.5 cm³/mol. The molecule has 0 atom stereocenters. The summed E-state index contributed by atoms with van der Waals surface area (Å²) in [5, 5.41) is 11.9. The topological polar surface area (TPSA) is 50.3 Å². The molecule has 86 valence electrons. The molecule has 3 heterocycles. The first-order chi connectivity index (χ1) is 7.93. The van der Waals surface area contributed by atoms with E-state index in [9.17, 15) is 0 Å². The third kappa shape index (κ3) is 1.88. The molecule has 0 unspecified atom stereocenters. The van der Waals surface area contributed by atoms with Crippen molar-refractivity contribution in [2.75, 3.05) is 37.7 Å². The quantitative estimate of drug-likeness (QED) is 0.719. The Morgan fingerprint density at radius 1 is 1.25 bits per heavy atom. The van der Waals surface area contributed by atoms with Gasteiger partial charge in [0.05, 0.1) is 18.9 Å². The van der Waals surface area contributed by atoms with Gasteiger partial charge in [-0.15, -0.1) is 5.10 Å². The van der Waals surface area contributed by atoms with Crippen LogP contribution in [0.3, 0.4) is 0 Å². The van der Waals surface area contributed by atoms with Crippen LogP contribution < -0.4 is 10.2 Å². The van der Waals surface area contributed by atoms with Crippen molar-refractivity contribution in [1.29, 1.82) is 0 Å². The highest BCUT2D eigenvalue weighted by Crippen LogP contribution is 2.19. The van der Waals surface area contributed by atoms with Crippen molar-refractivity contribution >= 4 is 5.82 Å². The fourth-order valence-corrected chi connectivity index (χ4v) is 2.18. The van der Waals surface area contributed by atoms with Crippen molar-refractivity contribution in [3.05, 3.63) is 17.3 Å². The molecule has 1 saturated heterocycles. The number of ether oxygens (including phenoxy) is 1. The van der Waals surface area contributed by atoms with E-state index >= 15 is 0 Å². The first kappa shape index (κ1) is 9.99. The Hall–Kier alpha value is -1.20. The first-order valence-electron chi connectivity index (χ1n) is 5.82. The molecule has 2 aliphatic heterocycles. The lowest BCUT2D eigenvalue weighted by atomic mass is 10.1. The van der Waals surface area contributed by atoms with Crippen LogP contribution in [-0.2, 0) is 17.8 Å². The number of anilines is 1. The smallest absolute Gasteiger partial charge is 0.151 e. The van der Waals surface area contributed by atoms with Gasteiger partial charge in [0.1, 0.15) is 0 Å². The Morgan fingerprint density at radius 2 is 2.12 bits per heavy atom. The van der Waals surface area contributed by atoms with Crippen molar-refractivity contribution in [2.24, 2.45) is 0 Å². The molecule has 1 fully saturated rings. The summed E-state index contributed by atoms with van der Waals surface area (Å²) in [6, 6.07) is 2.13. The normalized spacial score (nSPS) is 20.6. The van der Waals surface area contributed by atoms with Gasteiger partial charge in [0.25, 0.3) is 0 Å². The van der Waals surface area contributed by atoms with Crippen molar-refractivity contribution in [3.8, 4) is 0 Å². The Kier molecular flexibility index (Phi) is 2.71. The van der Waals surface area contributed by atoms with Crippen LogP contribution >= 0.6 is 0 Å². The number of rotatable bonds is 1. The van der Waals surface area contributed by atoms with Crippen LogP contribution in [0, 0.1) is 0 Å². The summed E-state index contributed by atoms with van der Waals surface area (Å²) in [4.78, 5) is 2.28. The molecule has 0 amide bonds. The van der Waals surface area contributed by atoms with E-state index in [1.54, 1.807) is 0 Å². The van der Waals surface area contributed by atoms with Crippen LogP contribution in [0.5, 0.6) is 0 Å². The minimum atomic E-state index is 0.684. The maximum atomic E-state index is 5.44. The van der Waals surface area contributed by atoms with Gasteiger partial charge in [-0.05, 0) is 6.07 Å². The van der Waals surface area contributed by atoms with Crippen LogP contribution in [0.25, 0.3) is 0 Å². The van der Waals surface area contributed by atoms with Crippen LogP contribution in [0.2, 0.25) is 0 Å². The van der Waals surface area contributed by atoms with Gasteiger partial charge in [-0.3, -0.25) is 0 Å². The molecular weight excluding hydrogens is 204 g/mol. The number of fused-ring (bicyclic) bond motifs is 1. The van der Waals surface area contributed by atoms with E-state index in [1.165, 1.54) is 5.56 Å². The summed E-state index contributed by atoms with van der Waals surface area (Å²) in [5.41, 5.74) is 2.31. The molecule has 1 aromatic heterocycles. The lowest BCUT2D eigenvalue weighted by Gasteiger charge is -2.28. The summed E-state index contributed by atoms with van der Waals surface area (Å²) in [5.74, 6) is 0.991. The van der Waals surface area contributed by atoms with Gasteiger partial charge in [-0.25, -0.2) is 0 Å². The molecule has 0 aliphatic carbocycles. The van der Waals surface area contributed by atoms with Crippen molar-refractivity contribution < 1.29 is 4.74 Å². The number of hydrogen-bond acceptors (Lipinski definition) is 5. The number of hydrogen-bond donors (Lipinski definition) is 1. The van der Waals surface area contributed by atoms with Gasteiger partial charge in [0.15, 0.2) is 5.82 Å². The monoisotopic (exact) mass is 220 g/mol. The maximum Gasteiger partial charge on any atom is 0.151 e. The average molecular weight is 220 g/mol. The Bertz CT molecular complexity index is 376. The number of piperazine rings is 1. The molecule has 0 saturated carbocycles. The highest BCUT2D eigenvalue weighted by atomic mass is 16.5. The summed E-state index contributed by atoms with van der Waals surface area (Å²) in [6.45, 7) is 5.52.